The second kappa shape index (κ2) is 15.6. The molecule has 0 unspecified atom stereocenters. The molecule has 11 aromatic rings. The first-order chi connectivity index (χ1) is 36.1. The summed E-state index contributed by atoms with van der Waals surface area (Å²) in [5, 5.41) is -0.193. The van der Waals surface area contributed by atoms with Crippen LogP contribution >= 0.6 is 0 Å². The van der Waals surface area contributed by atoms with Crippen LogP contribution in [0.2, 0.25) is 0 Å². The minimum atomic E-state index is -0.582. The van der Waals surface area contributed by atoms with Crippen LogP contribution in [0, 0.1) is 0 Å². The summed E-state index contributed by atoms with van der Waals surface area (Å²) in [5.74, 6) is 0. The van der Waals surface area contributed by atoms with Gasteiger partial charge in [-0.25, -0.2) is 0 Å². The zero-order valence-corrected chi connectivity index (χ0v) is 36.4. The molecule has 13 rings (SSSR count). The van der Waals surface area contributed by atoms with E-state index in [-0.39, 0.29) is 34.5 Å². The highest BCUT2D eigenvalue weighted by atomic mass is 15.1. The van der Waals surface area contributed by atoms with E-state index in [4.69, 9.17) is 8.22 Å². The van der Waals surface area contributed by atoms with E-state index in [1.807, 2.05) is 24.3 Å². The predicted octanol–water partition coefficient (Wildman–Crippen LogP) is 16.7. The van der Waals surface area contributed by atoms with E-state index in [9.17, 15) is 1.37 Å². The minimum Gasteiger partial charge on any atom is -0.311 e. The van der Waals surface area contributed by atoms with Gasteiger partial charge in [0, 0.05) is 17.1 Å². The number of benzene rings is 11. The third kappa shape index (κ3) is 5.88. The monoisotopic (exact) mass is 858 g/mol. The Balaban J connectivity index is 0.990. The van der Waals surface area contributed by atoms with Gasteiger partial charge < -0.3 is 4.90 Å². The molecule has 0 aromatic heterocycles. The molecular weight excluding hydrogens is 807 g/mol. The Bertz CT molecular complexity index is 3750. The van der Waals surface area contributed by atoms with Gasteiger partial charge in [0.25, 0.3) is 0 Å². The van der Waals surface area contributed by atoms with Crippen molar-refractivity contribution in [2.24, 2.45) is 0 Å². The lowest BCUT2D eigenvalue weighted by Gasteiger charge is -2.35. The normalized spacial score (nSPS) is 15.1. The van der Waals surface area contributed by atoms with Gasteiger partial charge in [0.05, 0.1) is 20.4 Å². The lowest BCUT2D eigenvalue weighted by molar-refractivity contribution is 0.768. The molecule has 11 aromatic carbocycles. The number of rotatable bonds is 8. The van der Waals surface area contributed by atoms with E-state index < -0.39 is 35.0 Å². The summed E-state index contributed by atoms with van der Waals surface area (Å²) in [4.78, 5) is 2.21. The summed E-state index contributed by atoms with van der Waals surface area (Å²) in [6.45, 7) is 0. The lowest BCUT2D eigenvalue weighted by Crippen LogP contribution is -2.28. The SMILES string of the molecule is [2H]c1c([2H])c([2H])c2c([2H])c(-c3ccc(N(c4ccc(C5(c6ccccc6)c6ccccc6-c6ccccc65)cc4)c4ccc(C5(c6ccccc6)c6ccccc6-c6ccccc65)cc4)cc3)c([2H])c([2H])c2c1[2H]. The molecule has 1 heteroatoms. The van der Waals surface area contributed by atoms with Crippen LogP contribution in [0.3, 0.4) is 0 Å². The second-order valence-corrected chi connectivity index (χ2v) is 17.4. The van der Waals surface area contributed by atoms with Crippen LogP contribution in [-0.4, -0.2) is 0 Å². The fourth-order valence-corrected chi connectivity index (χ4v) is 11.3. The van der Waals surface area contributed by atoms with Crippen LogP contribution in [0.1, 0.15) is 54.1 Å². The van der Waals surface area contributed by atoms with Crippen LogP contribution in [0.4, 0.5) is 17.1 Å². The maximum atomic E-state index is 9.28. The first kappa shape index (κ1) is 32.2. The van der Waals surface area contributed by atoms with Crippen molar-refractivity contribution in [2.75, 3.05) is 4.90 Å². The molecule has 0 saturated heterocycles. The highest BCUT2D eigenvalue weighted by molar-refractivity contribution is 5.90. The summed E-state index contributed by atoms with van der Waals surface area (Å²) in [7, 11) is 0. The molecule has 2 aliphatic rings. The van der Waals surface area contributed by atoms with Crippen LogP contribution in [0.5, 0.6) is 0 Å². The summed E-state index contributed by atoms with van der Waals surface area (Å²) in [6, 6.07) is 79.1. The molecule has 0 heterocycles. The second-order valence-electron chi connectivity index (χ2n) is 17.4. The van der Waals surface area contributed by atoms with E-state index in [1.165, 1.54) is 55.6 Å². The molecule has 0 fully saturated rings. The molecule has 0 radical (unpaired) electrons. The summed E-state index contributed by atoms with van der Waals surface area (Å²) < 4.78 is 61.2. The zero-order chi connectivity index (χ0) is 50.5. The van der Waals surface area contributed by atoms with Crippen molar-refractivity contribution in [3.8, 4) is 33.4 Å². The average Bonchev–Trinajstić information content (AvgIpc) is 3.94. The van der Waals surface area contributed by atoms with Crippen molar-refractivity contribution in [2.45, 2.75) is 10.8 Å². The smallest absolute Gasteiger partial charge is 0.0713 e. The largest absolute Gasteiger partial charge is 0.311 e. The van der Waals surface area contributed by atoms with Gasteiger partial charge in [-0.1, -0.05) is 230 Å². The first-order valence-electron chi connectivity index (χ1n) is 26.3. The van der Waals surface area contributed by atoms with Crippen molar-refractivity contribution in [3.05, 3.63) is 317 Å². The van der Waals surface area contributed by atoms with E-state index in [2.05, 4.69) is 211 Å². The van der Waals surface area contributed by atoms with Crippen molar-refractivity contribution in [1.82, 2.24) is 0 Å². The van der Waals surface area contributed by atoms with E-state index in [1.54, 1.807) is 0 Å². The highest BCUT2D eigenvalue weighted by Gasteiger charge is 2.47. The molecule has 0 N–H and O–H groups in total. The van der Waals surface area contributed by atoms with E-state index in [0.29, 0.717) is 5.56 Å². The van der Waals surface area contributed by atoms with Crippen molar-refractivity contribution >= 4 is 27.8 Å². The van der Waals surface area contributed by atoms with Gasteiger partial charge in [0.1, 0.15) is 0 Å². The summed E-state index contributed by atoms with van der Waals surface area (Å²) >= 11 is 0. The van der Waals surface area contributed by atoms with Gasteiger partial charge >= 0.3 is 0 Å². The third-order valence-corrected chi connectivity index (χ3v) is 14.1. The molecule has 0 amide bonds. The Hall–Kier alpha value is -8.52. The number of hydrogen-bond donors (Lipinski definition) is 0. The van der Waals surface area contributed by atoms with Gasteiger partial charge in [0.2, 0.25) is 0 Å². The fourth-order valence-electron chi connectivity index (χ4n) is 11.3. The van der Waals surface area contributed by atoms with Crippen LogP contribution in [-0.2, 0) is 10.8 Å². The maximum absolute atomic E-state index is 9.28. The quantitative estimate of drug-likeness (QED) is 0.147. The molecule has 0 atom stereocenters. The third-order valence-electron chi connectivity index (χ3n) is 14.1. The summed E-state index contributed by atoms with van der Waals surface area (Å²) in [6.07, 6.45) is 0. The number of nitrogens with zero attached hydrogens (tertiary/aromatic N) is 1. The predicted molar refractivity (Wildman–Crippen MR) is 279 cm³/mol. The van der Waals surface area contributed by atoms with Crippen LogP contribution in [0.15, 0.2) is 273 Å². The van der Waals surface area contributed by atoms with E-state index in [0.717, 1.165) is 28.2 Å². The fraction of sp³-hybridized carbons (Fsp3) is 0.0303. The van der Waals surface area contributed by atoms with Gasteiger partial charge in [-0.15, -0.1) is 0 Å². The Morgan fingerprint density at radius 3 is 1.04 bits per heavy atom. The summed E-state index contributed by atoms with van der Waals surface area (Å²) in [5.41, 5.74) is 16.5. The van der Waals surface area contributed by atoms with Gasteiger partial charge in [-0.05, 0) is 131 Å². The van der Waals surface area contributed by atoms with Crippen molar-refractivity contribution in [1.29, 1.82) is 0 Å². The minimum absolute atomic E-state index is 0.0700. The van der Waals surface area contributed by atoms with Crippen molar-refractivity contribution < 1.29 is 9.60 Å². The lowest BCUT2D eigenvalue weighted by atomic mass is 9.67. The van der Waals surface area contributed by atoms with Crippen molar-refractivity contribution in [3.63, 3.8) is 0 Å². The Labute approximate surface area is 402 Å². The Kier molecular flexibility index (Phi) is 7.49. The molecule has 0 spiro atoms. The number of hydrogen-bond acceptors (Lipinski definition) is 1. The standard InChI is InChI=1S/C66H45N/c1-3-19-50(20-4-1)65(61-27-13-9-23-57(61)58-24-10-14-28-62(58)65)52-35-41-55(42-36-52)67(54-39-33-47(34-40-54)49-32-31-46-17-7-8-18-48(46)45-49)56-43-37-53(38-44-56)66(51-21-5-2-6-22-51)63-29-15-11-25-59(63)60-26-12-16-30-64(60)66/h1-45H/i7D,8D,17D,18D,31D,32D,45D. The molecule has 1 nitrogen and oxygen atoms in total. The first-order valence-corrected chi connectivity index (χ1v) is 22.8. The Morgan fingerprint density at radius 1 is 0.284 bits per heavy atom. The van der Waals surface area contributed by atoms with Gasteiger partial charge in [-0.2, -0.15) is 0 Å². The average molecular weight is 859 g/mol. The Morgan fingerprint density at radius 2 is 0.627 bits per heavy atom. The molecule has 0 aliphatic heterocycles. The van der Waals surface area contributed by atoms with E-state index >= 15 is 0 Å². The molecule has 2 aliphatic carbocycles. The molecular formula is C66H45N. The van der Waals surface area contributed by atoms with Crippen LogP contribution in [0.25, 0.3) is 44.2 Å². The van der Waals surface area contributed by atoms with Gasteiger partial charge in [0.15, 0.2) is 0 Å². The molecule has 314 valence electrons. The number of anilines is 3. The molecule has 67 heavy (non-hydrogen) atoms. The number of fused-ring (bicyclic) bond motifs is 7. The van der Waals surface area contributed by atoms with Gasteiger partial charge in [-0.3, -0.25) is 0 Å². The topological polar surface area (TPSA) is 3.24 Å². The molecule has 0 bridgehead atoms. The zero-order valence-electron chi connectivity index (χ0n) is 43.4. The molecule has 0 saturated carbocycles. The highest BCUT2D eigenvalue weighted by Crippen LogP contribution is 2.58. The van der Waals surface area contributed by atoms with Crippen LogP contribution < -0.4 is 4.90 Å². The maximum Gasteiger partial charge on any atom is 0.0713 e.